The third-order valence-electron chi connectivity index (χ3n) is 2.58. The van der Waals surface area contributed by atoms with E-state index in [-0.39, 0.29) is 10.6 Å². The summed E-state index contributed by atoms with van der Waals surface area (Å²) < 4.78 is 37.0. The lowest BCUT2D eigenvalue weighted by molar-refractivity contribution is 0.340. The van der Waals surface area contributed by atoms with Crippen molar-refractivity contribution in [1.29, 1.82) is 0 Å². The zero-order chi connectivity index (χ0) is 16.3. The highest BCUT2D eigenvalue weighted by atomic mass is 79.9. The van der Waals surface area contributed by atoms with Crippen molar-refractivity contribution in [2.75, 3.05) is 6.61 Å². The highest BCUT2D eigenvalue weighted by Crippen LogP contribution is 2.38. The number of halogens is 3. The first-order valence-corrected chi connectivity index (χ1v) is 9.94. The molecule has 0 atom stereocenters. The van der Waals surface area contributed by atoms with Gasteiger partial charge in [0.2, 0.25) is 0 Å². The van der Waals surface area contributed by atoms with Crippen LogP contribution in [-0.2, 0) is 10.1 Å². The molecule has 0 saturated carbocycles. The molecule has 0 saturated heterocycles. The van der Waals surface area contributed by atoms with Crippen LogP contribution in [0.25, 0.3) is 0 Å². The summed E-state index contributed by atoms with van der Waals surface area (Å²) in [5.41, 5.74) is 0. The molecule has 0 unspecified atom stereocenters. The van der Waals surface area contributed by atoms with Crippen molar-refractivity contribution in [3.63, 3.8) is 0 Å². The SMILES string of the molecule is CCOc1ccc(S(=O)(=O)Oc2c(Br)cc(Br)cc2Br)cc1. The smallest absolute Gasteiger partial charge is 0.339 e. The predicted molar refractivity (Wildman–Crippen MR) is 95.0 cm³/mol. The number of ether oxygens (including phenoxy) is 1. The van der Waals surface area contributed by atoms with Gasteiger partial charge < -0.3 is 8.92 Å². The van der Waals surface area contributed by atoms with Crippen LogP contribution >= 0.6 is 47.8 Å². The van der Waals surface area contributed by atoms with Gasteiger partial charge >= 0.3 is 10.1 Å². The van der Waals surface area contributed by atoms with Gasteiger partial charge in [-0.25, -0.2) is 0 Å². The van der Waals surface area contributed by atoms with Crippen molar-refractivity contribution < 1.29 is 17.3 Å². The van der Waals surface area contributed by atoms with E-state index in [0.717, 1.165) is 4.47 Å². The van der Waals surface area contributed by atoms with Crippen molar-refractivity contribution in [2.24, 2.45) is 0 Å². The average Bonchev–Trinajstić information content (AvgIpc) is 2.44. The molecular weight excluding hydrogens is 504 g/mol. The van der Waals surface area contributed by atoms with E-state index in [2.05, 4.69) is 47.8 Å². The second-order valence-electron chi connectivity index (χ2n) is 4.14. The van der Waals surface area contributed by atoms with Crippen molar-refractivity contribution in [2.45, 2.75) is 11.8 Å². The molecule has 8 heteroatoms. The molecule has 0 aliphatic heterocycles. The van der Waals surface area contributed by atoms with Crippen molar-refractivity contribution in [1.82, 2.24) is 0 Å². The molecule has 0 aliphatic rings. The van der Waals surface area contributed by atoms with E-state index in [9.17, 15) is 8.42 Å². The maximum absolute atomic E-state index is 12.3. The zero-order valence-corrected chi connectivity index (χ0v) is 16.9. The minimum absolute atomic E-state index is 0.0534. The van der Waals surface area contributed by atoms with Gasteiger partial charge in [0.1, 0.15) is 10.6 Å². The molecule has 0 radical (unpaired) electrons. The fourth-order valence-corrected chi connectivity index (χ4v) is 5.24. The molecule has 22 heavy (non-hydrogen) atoms. The Morgan fingerprint density at radius 2 is 1.55 bits per heavy atom. The Hall–Kier alpha value is -0.570. The van der Waals surface area contributed by atoms with Gasteiger partial charge in [-0.1, -0.05) is 15.9 Å². The molecule has 2 aromatic carbocycles. The van der Waals surface area contributed by atoms with Gasteiger partial charge in [-0.2, -0.15) is 8.42 Å². The highest BCUT2D eigenvalue weighted by Gasteiger charge is 2.20. The van der Waals surface area contributed by atoms with Gasteiger partial charge in [-0.3, -0.25) is 0 Å². The molecule has 0 heterocycles. The van der Waals surface area contributed by atoms with E-state index in [0.29, 0.717) is 21.3 Å². The van der Waals surface area contributed by atoms with E-state index in [1.165, 1.54) is 12.1 Å². The molecule has 4 nitrogen and oxygen atoms in total. The predicted octanol–water partition coefficient (Wildman–Crippen LogP) is 5.14. The maximum atomic E-state index is 12.3. The van der Waals surface area contributed by atoms with Gasteiger partial charge in [0.05, 0.1) is 15.6 Å². The van der Waals surface area contributed by atoms with Crippen LogP contribution in [0.3, 0.4) is 0 Å². The van der Waals surface area contributed by atoms with E-state index < -0.39 is 10.1 Å². The highest BCUT2D eigenvalue weighted by molar-refractivity contribution is 9.11. The molecule has 0 bridgehead atoms. The fraction of sp³-hybridized carbons (Fsp3) is 0.143. The standard InChI is InChI=1S/C14H11Br3O4S/c1-2-20-10-3-5-11(6-4-10)22(18,19)21-14-12(16)7-9(15)8-13(14)17/h3-8H,2H2,1H3. The Bertz CT molecular complexity index is 750. The lowest BCUT2D eigenvalue weighted by Crippen LogP contribution is -2.10. The van der Waals surface area contributed by atoms with Crippen molar-refractivity contribution >= 4 is 57.9 Å². The summed E-state index contributed by atoms with van der Waals surface area (Å²) >= 11 is 9.89. The third kappa shape index (κ3) is 4.24. The Morgan fingerprint density at radius 1 is 1.00 bits per heavy atom. The molecule has 0 spiro atoms. The van der Waals surface area contributed by atoms with Gasteiger partial charge in [-0.05, 0) is 75.2 Å². The van der Waals surface area contributed by atoms with Gasteiger partial charge in [-0.15, -0.1) is 0 Å². The molecule has 0 amide bonds. The molecule has 0 aliphatic carbocycles. The van der Waals surface area contributed by atoms with Gasteiger partial charge in [0, 0.05) is 4.47 Å². The normalized spacial score (nSPS) is 11.3. The lowest BCUT2D eigenvalue weighted by Gasteiger charge is -2.11. The molecule has 0 N–H and O–H groups in total. The van der Waals surface area contributed by atoms with Crippen molar-refractivity contribution in [3.8, 4) is 11.5 Å². The van der Waals surface area contributed by atoms with Gasteiger partial charge in [0.15, 0.2) is 5.75 Å². The van der Waals surface area contributed by atoms with Crippen LogP contribution in [0.5, 0.6) is 11.5 Å². The second-order valence-corrected chi connectivity index (χ2v) is 8.31. The monoisotopic (exact) mass is 512 g/mol. The van der Waals surface area contributed by atoms with Crippen LogP contribution in [-0.4, -0.2) is 15.0 Å². The second kappa shape index (κ2) is 7.33. The molecule has 2 rings (SSSR count). The van der Waals surface area contributed by atoms with E-state index in [4.69, 9.17) is 8.92 Å². The summed E-state index contributed by atoms with van der Waals surface area (Å²) in [5.74, 6) is 0.796. The topological polar surface area (TPSA) is 52.6 Å². The molecule has 0 fully saturated rings. The average molecular weight is 515 g/mol. The van der Waals surface area contributed by atoms with Crippen LogP contribution in [0.15, 0.2) is 54.7 Å². The Labute approximate surface area is 154 Å². The van der Waals surface area contributed by atoms with E-state index in [1.807, 2.05) is 6.92 Å². The number of rotatable bonds is 5. The quantitative estimate of drug-likeness (QED) is 0.518. The first-order chi connectivity index (χ1) is 10.3. The summed E-state index contributed by atoms with van der Waals surface area (Å²) in [4.78, 5) is 0.0534. The Kier molecular flexibility index (Phi) is 5.93. The lowest BCUT2D eigenvalue weighted by atomic mass is 10.3. The van der Waals surface area contributed by atoms with Crippen molar-refractivity contribution in [3.05, 3.63) is 49.8 Å². The Balaban J connectivity index is 2.32. The minimum Gasteiger partial charge on any atom is -0.494 e. The molecule has 118 valence electrons. The van der Waals surface area contributed by atoms with Crippen LogP contribution in [0.1, 0.15) is 6.92 Å². The summed E-state index contributed by atoms with van der Waals surface area (Å²) in [5, 5.41) is 0. The van der Waals surface area contributed by atoms with Crippen LogP contribution in [0, 0.1) is 0 Å². The first kappa shape index (κ1) is 17.8. The van der Waals surface area contributed by atoms with Crippen LogP contribution in [0.4, 0.5) is 0 Å². The molecular formula is C14H11Br3O4S. The maximum Gasteiger partial charge on any atom is 0.339 e. The number of hydrogen-bond donors (Lipinski definition) is 0. The van der Waals surface area contributed by atoms with Gasteiger partial charge in [0.25, 0.3) is 0 Å². The van der Waals surface area contributed by atoms with E-state index in [1.54, 1.807) is 24.3 Å². The molecule has 2 aromatic rings. The zero-order valence-electron chi connectivity index (χ0n) is 11.3. The molecule has 0 aromatic heterocycles. The Morgan fingerprint density at radius 3 is 2.05 bits per heavy atom. The number of benzene rings is 2. The number of hydrogen-bond acceptors (Lipinski definition) is 4. The summed E-state index contributed by atoms with van der Waals surface area (Å²) in [7, 11) is -3.93. The summed E-state index contributed by atoms with van der Waals surface area (Å²) in [6.07, 6.45) is 0. The first-order valence-electron chi connectivity index (χ1n) is 6.15. The third-order valence-corrected chi connectivity index (χ3v) is 5.45. The fourth-order valence-electron chi connectivity index (χ4n) is 1.64. The van der Waals surface area contributed by atoms with Crippen LogP contribution < -0.4 is 8.92 Å². The van der Waals surface area contributed by atoms with Crippen LogP contribution in [0.2, 0.25) is 0 Å². The largest absolute Gasteiger partial charge is 0.494 e. The summed E-state index contributed by atoms with van der Waals surface area (Å²) in [6.45, 7) is 2.37. The van der Waals surface area contributed by atoms with E-state index >= 15 is 0 Å². The summed E-state index contributed by atoms with van der Waals surface area (Å²) in [6, 6.07) is 9.47. The minimum atomic E-state index is -3.93.